The number of urea groups is 1. The third-order valence-electron chi connectivity index (χ3n) is 5.10. The van der Waals surface area contributed by atoms with Gasteiger partial charge in [-0.1, -0.05) is 18.2 Å². The monoisotopic (exact) mass is 379 g/mol. The number of anilines is 1. The van der Waals surface area contributed by atoms with E-state index in [-0.39, 0.29) is 11.9 Å². The maximum absolute atomic E-state index is 13.0. The molecule has 4 rings (SSSR count). The smallest absolute Gasteiger partial charge is 0.323 e. The molecule has 0 saturated carbocycles. The van der Waals surface area contributed by atoms with Gasteiger partial charge in [-0.25, -0.2) is 14.5 Å². The van der Waals surface area contributed by atoms with Gasteiger partial charge in [-0.2, -0.15) is 10.2 Å². The molecule has 1 unspecified atom stereocenters. The van der Waals surface area contributed by atoms with Crippen molar-refractivity contribution in [2.45, 2.75) is 39.5 Å². The maximum Gasteiger partial charge on any atom is 0.323 e. The van der Waals surface area contributed by atoms with Gasteiger partial charge in [0.2, 0.25) is 0 Å². The molecule has 3 aromatic rings. The van der Waals surface area contributed by atoms with E-state index in [2.05, 4.69) is 25.6 Å². The van der Waals surface area contributed by atoms with Crippen molar-refractivity contribution in [3.63, 3.8) is 0 Å². The third-order valence-corrected chi connectivity index (χ3v) is 5.10. The first kappa shape index (κ1) is 18.2. The fraction of sp³-hybridized carbons (Fsp3) is 0.400. The molecule has 1 atom stereocenters. The second kappa shape index (κ2) is 7.46. The Morgan fingerprint density at radius 3 is 2.82 bits per heavy atom. The number of aromatic amines is 1. The van der Waals surface area contributed by atoms with Gasteiger partial charge in [-0.15, -0.1) is 0 Å². The molecule has 2 N–H and O–H groups in total. The fourth-order valence-corrected chi connectivity index (χ4v) is 3.68. The lowest BCUT2D eigenvalue weighted by Gasteiger charge is -2.31. The van der Waals surface area contributed by atoms with Crippen LogP contribution in [0, 0.1) is 20.8 Å². The Bertz CT molecular complexity index is 990. The molecular weight excluding hydrogens is 354 g/mol. The number of amides is 2. The van der Waals surface area contributed by atoms with Crippen LogP contribution < -0.4 is 5.32 Å². The van der Waals surface area contributed by atoms with Crippen molar-refractivity contribution in [3.05, 3.63) is 53.2 Å². The highest BCUT2D eigenvalue weighted by atomic mass is 16.2. The molecule has 2 aromatic heterocycles. The van der Waals surface area contributed by atoms with Crippen LogP contribution in [0.4, 0.5) is 10.6 Å². The number of H-pyrrole nitrogens is 1. The van der Waals surface area contributed by atoms with Crippen molar-refractivity contribution >= 4 is 11.8 Å². The first-order chi connectivity index (χ1) is 13.5. The first-order valence-corrected chi connectivity index (χ1v) is 9.59. The van der Waals surface area contributed by atoms with E-state index in [1.165, 1.54) is 0 Å². The summed E-state index contributed by atoms with van der Waals surface area (Å²) in [5.74, 6) is 2.42. The van der Waals surface area contributed by atoms with Crippen molar-refractivity contribution in [3.8, 4) is 5.69 Å². The van der Waals surface area contributed by atoms with Crippen LogP contribution in [0.3, 0.4) is 0 Å². The van der Waals surface area contributed by atoms with Gasteiger partial charge in [0.05, 0.1) is 11.4 Å². The van der Waals surface area contributed by atoms with Crippen LogP contribution in [0.25, 0.3) is 5.69 Å². The molecule has 1 aromatic carbocycles. The zero-order valence-corrected chi connectivity index (χ0v) is 16.4. The van der Waals surface area contributed by atoms with E-state index in [0.29, 0.717) is 12.4 Å². The van der Waals surface area contributed by atoms with E-state index < -0.39 is 0 Å². The Morgan fingerprint density at radius 2 is 2.07 bits per heavy atom. The molecule has 0 bridgehead atoms. The number of nitrogens with zero attached hydrogens (tertiary/aromatic N) is 5. The molecule has 0 spiro atoms. The quantitative estimate of drug-likeness (QED) is 0.730. The summed E-state index contributed by atoms with van der Waals surface area (Å²) >= 11 is 0. The number of nitrogens with one attached hydrogen (secondary N) is 2. The van der Waals surface area contributed by atoms with Crippen molar-refractivity contribution in [1.82, 2.24) is 29.9 Å². The third kappa shape index (κ3) is 3.62. The van der Waals surface area contributed by atoms with Crippen molar-refractivity contribution < 1.29 is 4.79 Å². The van der Waals surface area contributed by atoms with Gasteiger partial charge in [0.25, 0.3) is 0 Å². The summed E-state index contributed by atoms with van der Waals surface area (Å²) in [6.45, 7) is 7.18. The normalized spacial score (nSPS) is 17.0. The fourth-order valence-electron chi connectivity index (χ4n) is 3.68. The molecule has 2 amide bonds. The minimum Gasteiger partial charge on any atom is -0.324 e. The molecule has 28 heavy (non-hydrogen) atoms. The van der Waals surface area contributed by atoms with Crippen molar-refractivity contribution in [2.24, 2.45) is 0 Å². The number of benzene rings is 1. The summed E-state index contributed by atoms with van der Waals surface area (Å²) in [4.78, 5) is 19.2. The zero-order valence-electron chi connectivity index (χ0n) is 16.4. The molecule has 1 fully saturated rings. The van der Waals surface area contributed by atoms with Gasteiger partial charge in [0, 0.05) is 25.1 Å². The second-order valence-corrected chi connectivity index (χ2v) is 7.36. The summed E-state index contributed by atoms with van der Waals surface area (Å²) in [7, 11) is 0. The molecule has 0 aliphatic carbocycles. The molecule has 1 aliphatic heterocycles. The highest BCUT2D eigenvalue weighted by molar-refractivity contribution is 5.89. The number of carbonyl (C=O) groups is 1. The SMILES string of the molecule is Cc1cc(NC(=O)N2CCCC(c3n[nH]c(C)n3)C2)n(-c2ccccc2C)n1. The first-order valence-electron chi connectivity index (χ1n) is 9.59. The molecule has 0 radical (unpaired) electrons. The van der Waals surface area contributed by atoms with Gasteiger partial charge in [0.15, 0.2) is 5.82 Å². The van der Waals surface area contributed by atoms with E-state index in [1.54, 1.807) is 4.68 Å². The maximum atomic E-state index is 13.0. The predicted molar refractivity (Wildman–Crippen MR) is 107 cm³/mol. The van der Waals surface area contributed by atoms with Gasteiger partial charge >= 0.3 is 6.03 Å². The van der Waals surface area contributed by atoms with Crippen LogP contribution in [0.1, 0.15) is 41.7 Å². The Hall–Kier alpha value is -3.16. The largest absolute Gasteiger partial charge is 0.324 e. The van der Waals surface area contributed by atoms with Gasteiger partial charge in [-0.05, 0) is 45.2 Å². The van der Waals surface area contributed by atoms with Crippen LogP contribution in [-0.2, 0) is 0 Å². The number of hydrogen-bond donors (Lipinski definition) is 2. The second-order valence-electron chi connectivity index (χ2n) is 7.36. The molecule has 8 heteroatoms. The standard InChI is InChI=1S/C20H25N7O/c1-13-7-4-5-9-17(13)27-18(11-14(2)25-27)22-20(28)26-10-6-8-16(12-26)19-21-15(3)23-24-19/h4-5,7,9,11,16H,6,8,10,12H2,1-3H3,(H,22,28)(H,21,23,24). The molecule has 1 saturated heterocycles. The highest BCUT2D eigenvalue weighted by Crippen LogP contribution is 2.26. The lowest BCUT2D eigenvalue weighted by molar-refractivity contribution is 0.191. The van der Waals surface area contributed by atoms with E-state index in [0.717, 1.165) is 48.0 Å². The van der Waals surface area contributed by atoms with E-state index in [9.17, 15) is 4.79 Å². The Balaban J connectivity index is 1.52. The molecule has 1 aliphatic rings. The van der Waals surface area contributed by atoms with Crippen LogP contribution >= 0.6 is 0 Å². The summed E-state index contributed by atoms with van der Waals surface area (Å²) < 4.78 is 1.79. The number of hydrogen-bond acceptors (Lipinski definition) is 4. The number of piperidine rings is 1. The summed E-state index contributed by atoms with van der Waals surface area (Å²) in [6.07, 6.45) is 1.92. The average molecular weight is 379 g/mol. The van der Waals surface area contributed by atoms with Crippen LogP contribution in [0.5, 0.6) is 0 Å². The van der Waals surface area contributed by atoms with Crippen molar-refractivity contribution in [2.75, 3.05) is 18.4 Å². The lowest BCUT2D eigenvalue weighted by Crippen LogP contribution is -2.42. The summed E-state index contributed by atoms with van der Waals surface area (Å²) in [5.41, 5.74) is 2.91. The number of aromatic nitrogens is 5. The zero-order chi connectivity index (χ0) is 19.7. The van der Waals surface area contributed by atoms with Gasteiger partial charge in [-0.3, -0.25) is 10.4 Å². The minimum absolute atomic E-state index is 0.119. The Morgan fingerprint density at radius 1 is 1.25 bits per heavy atom. The molecule has 8 nitrogen and oxygen atoms in total. The number of para-hydroxylation sites is 1. The van der Waals surface area contributed by atoms with Crippen LogP contribution in [0.2, 0.25) is 0 Å². The van der Waals surface area contributed by atoms with Gasteiger partial charge < -0.3 is 4.90 Å². The summed E-state index contributed by atoms with van der Waals surface area (Å²) in [6, 6.07) is 9.77. The molecule has 146 valence electrons. The highest BCUT2D eigenvalue weighted by Gasteiger charge is 2.28. The average Bonchev–Trinajstić information content (AvgIpc) is 3.28. The molecule has 3 heterocycles. The Labute approximate surface area is 164 Å². The van der Waals surface area contributed by atoms with E-state index >= 15 is 0 Å². The van der Waals surface area contributed by atoms with Crippen LogP contribution in [-0.4, -0.2) is 49.0 Å². The number of likely N-dealkylation sites (tertiary alicyclic amines) is 1. The number of aryl methyl sites for hydroxylation is 3. The van der Waals surface area contributed by atoms with E-state index in [1.807, 2.05) is 56.0 Å². The van der Waals surface area contributed by atoms with E-state index in [4.69, 9.17) is 0 Å². The lowest BCUT2D eigenvalue weighted by atomic mass is 9.98. The van der Waals surface area contributed by atoms with Gasteiger partial charge in [0.1, 0.15) is 11.6 Å². The predicted octanol–water partition coefficient (Wildman–Crippen LogP) is 3.33. The number of rotatable bonds is 3. The topological polar surface area (TPSA) is 91.7 Å². The number of carbonyl (C=O) groups excluding carboxylic acids is 1. The van der Waals surface area contributed by atoms with Crippen LogP contribution in [0.15, 0.2) is 30.3 Å². The summed E-state index contributed by atoms with van der Waals surface area (Å²) in [5, 5.41) is 14.8. The van der Waals surface area contributed by atoms with Crippen molar-refractivity contribution in [1.29, 1.82) is 0 Å². The minimum atomic E-state index is -0.119. The molecular formula is C20H25N7O. The Kier molecular flexibility index (Phi) is 4.85.